The van der Waals surface area contributed by atoms with Crippen molar-refractivity contribution in [3.8, 4) is 5.75 Å². The zero-order valence-electron chi connectivity index (χ0n) is 9.79. The van der Waals surface area contributed by atoms with Crippen LogP contribution < -0.4 is 10.1 Å². The molecular weight excluding hydrogens is 218 g/mol. The van der Waals surface area contributed by atoms with Crippen molar-refractivity contribution in [3.63, 3.8) is 0 Å². The van der Waals surface area contributed by atoms with Crippen molar-refractivity contribution in [2.75, 3.05) is 11.9 Å². The van der Waals surface area contributed by atoms with E-state index in [4.69, 9.17) is 4.74 Å². The van der Waals surface area contributed by atoms with Crippen LogP contribution in [0, 0.1) is 0 Å². The van der Waals surface area contributed by atoms with E-state index in [9.17, 15) is 9.59 Å². The average molecular weight is 233 g/mol. The second kappa shape index (κ2) is 4.99. The van der Waals surface area contributed by atoms with Crippen LogP contribution in [0.4, 0.5) is 5.69 Å². The fraction of sp³-hybridized carbons (Fsp3) is 0.385. The first-order valence-corrected chi connectivity index (χ1v) is 5.76. The van der Waals surface area contributed by atoms with Crippen molar-refractivity contribution in [2.45, 2.75) is 26.2 Å². The van der Waals surface area contributed by atoms with Gasteiger partial charge in [0.2, 0.25) is 5.91 Å². The fourth-order valence-electron chi connectivity index (χ4n) is 1.72. The van der Waals surface area contributed by atoms with Crippen LogP contribution in [0.1, 0.15) is 25.3 Å². The number of aryl methyl sites for hydroxylation is 1. The van der Waals surface area contributed by atoms with Gasteiger partial charge >= 0.3 is 0 Å². The number of nitrogens with one attached hydrogen (secondary N) is 1. The Hall–Kier alpha value is -1.84. The Morgan fingerprint density at radius 1 is 1.41 bits per heavy atom. The Labute approximate surface area is 100.0 Å². The number of carbonyl (C=O) groups excluding carboxylic acids is 2. The van der Waals surface area contributed by atoms with Crippen LogP contribution in [0.2, 0.25) is 0 Å². The van der Waals surface area contributed by atoms with E-state index in [0.717, 1.165) is 17.7 Å². The Bertz CT molecular complexity index is 454. The number of rotatable bonds is 4. The Balaban J connectivity index is 2.06. The van der Waals surface area contributed by atoms with Crippen LogP contribution in [0.15, 0.2) is 18.2 Å². The number of amides is 1. The van der Waals surface area contributed by atoms with Gasteiger partial charge in [-0.25, -0.2) is 0 Å². The average Bonchev–Trinajstić information content (AvgIpc) is 2.35. The molecule has 0 atom stereocenters. The van der Waals surface area contributed by atoms with Crippen LogP contribution in [-0.4, -0.2) is 18.3 Å². The molecule has 2 rings (SSSR count). The van der Waals surface area contributed by atoms with Gasteiger partial charge in [-0.1, -0.05) is 6.92 Å². The molecule has 0 spiro atoms. The number of Topliss-reactive ketones (excluding diaryl/α,β-unsaturated/α-hetero) is 1. The highest BCUT2D eigenvalue weighted by molar-refractivity contribution is 5.94. The smallest absolute Gasteiger partial charge is 0.224 e. The number of hydrogen-bond acceptors (Lipinski definition) is 3. The summed E-state index contributed by atoms with van der Waals surface area (Å²) in [6, 6.07) is 5.48. The monoisotopic (exact) mass is 233 g/mol. The van der Waals surface area contributed by atoms with Gasteiger partial charge in [-0.3, -0.25) is 9.59 Å². The molecule has 0 saturated carbocycles. The second-order valence-corrected chi connectivity index (χ2v) is 4.05. The third-order valence-corrected chi connectivity index (χ3v) is 2.77. The highest BCUT2D eigenvalue weighted by atomic mass is 16.5. The van der Waals surface area contributed by atoms with Gasteiger partial charge in [0.25, 0.3) is 0 Å². The SMILES string of the molecule is CCC(=O)COc1ccc2c(c1)CCC(=O)N2. The maximum atomic E-state index is 11.2. The third-order valence-electron chi connectivity index (χ3n) is 2.77. The van der Waals surface area contributed by atoms with Crippen molar-refractivity contribution < 1.29 is 14.3 Å². The minimum Gasteiger partial charge on any atom is -0.486 e. The molecule has 1 aliphatic heterocycles. The molecular formula is C13H15NO3. The molecule has 1 amide bonds. The number of hydrogen-bond donors (Lipinski definition) is 1. The summed E-state index contributed by atoms with van der Waals surface area (Å²) in [6.07, 6.45) is 1.71. The van der Waals surface area contributed by atoms with E-state index in [-0.39, 0.29) is 18.3 Å². The molecule has 1 N–H and O–H groups in total. The molecule has 0 radical (unpaired) electrons. The first-order chi connectivity index (χ1) is 8.19. The molecule has 1 heterocycles. The Morgan fingerprint density at radius 2 is 2.24 bits per heavy atom. The molecule has 1 aliphatic rings. The summed E-state index contributed by atoms with van der Waals surface area (Å²) in [5.74, 6) is 0.810. The molecule has 0 unspecified atom stereocenters. The first-order valence-electron chi connectivity index (χ1n) is 5.76. The van der Waals surface area contributed by atoms with Crippen LogP contribution in [0.25, 0.3) is 0 Å². The van der Waals surface area contributed by atoms with Gasteiger partial charge in [0.15, 0.2) is 5.78 Å². The summed E-state index contributed by atoms with van der Waals surface area (Å²) in [4.78, 5) is 22.3. The van der Waals surface area contributed by atoms with E-state index >= 15 is 0 Å². The molecule has 0 bridgehead atoms. The topological polar surface area (TPSA) is 55.4 Å². The largest absolute Gasteiger partial charge is 0.486 e. The van der Waals surface area contributed by atoms with Gasteiger partial charge in [-0.05, 0) is 30.2 Å². The summed E-state index contributed by atoms with van der Waals surface area (Å²) in [5, 5.41) is 2.80. The van der Waals surface area contributed by atoms with E-state index in [2.05, 4.69) is 5.32 Å². The molecule has 1 aromatic rings. The van der Waals surface area contributed by atoms with Crippen LogP contribution in [0.5, 0.6) is 5.75 Å². The third kappa shape index (κ3) is 2.84. The van der Waals surface area contributed by atoms with Gasteiger partial charge in [-0.15, -0.1) is 0 Å². The summed E-state index contributed by atoms with van der Waals surface area (Å²) < 4.78 is 5.39. The standard InChI is InChI=1S/C13H15NO3/c1-2-10(15)8-17-11-4-5-12-9(7-11)3-6-13(16)14-12/h4-5,7H,2-3,6,8H2,1H3,(H,14,16). The summed E-state index contributed by atoms with van der Waals surface area (Å²) in [7, 11) is 0. The van der Waals surface area contributed by atoms with Gasteiger partial charge in [0, 0.05) is 18.5 Å². The molecule has 0 aromatic heterocycles. The van der Waals surface area contributed by atoms with E-state index in [1.807, 2.05) is 19.1 Å². The zero-order valence-corrected chi connectivity index (χ0v) is 9.79. The van der Waals surface area contributed by atoms with Crippen molar-refractivity contribution >= 4 is 17.4 Å². The van der Waals surface area contributed by atoms with E-state index < -0.39 is 0 Å². The lowest BCUT2D eigenvalue weighted by Gasteiger charge is -2.17. The Kier molecular flexibility index (Phi) is 3.42. The minimum absolute atomic E-state index is 0.0485. The minimum atomic E-state index is 0.0485. The normalized spacial score (nSPS) is 13.8. The molecule has 0 saturated heterocycles. The van der Waals surface area contributed by atoms with Crippen molar-refractivity contribution in [3.05, 3.63) is 23.8 Å². The number of ketones is 1. The predicted molar refractivity (Wildman–Crippen MR) is 64.2 cm³/mol. The highest BCUT2D eigenvalue weighted by Crippen LogP contribution is 2.26. The van der Waals surface area contributed by atoms with Gasteiger partial charge in [0.1, 0.15) is 12.4 Å². The maximum Gasteiger partial charge on any atom is 0.224 e. The van der Waals surface area contributed by atoms with E-state index in [0.29, 0.717) is 18.6 Å². The molecule has 0 aliphatic carbocycles. The lowest BCUT2D eigenvalue weighted by Crippen LogP contribution is -2.19. The van der Waals surface area contributed by atoms with Crippen molar-refractivity contribution in [2.24, 2.45) is 0 Å². The number of fused-ring (bicyclic) bond motifs is 1. The number of anilines is 1. The van der Waals surface area contributed by atoms with Crippen LogP contribution in [-0.2, 0) is 16.0 Å². The summed E-state index contributed by atoms with van der Waals surface area (Å²) >= 11 is 0. The lowest BCUT2D eigenvalue weighted by atomic mass is 10.0. The first kappa shape index (κ1) is 11.6. The second-order valence-electron chi connectivity index (χ2n) is 4.05. The lowest BCUT2D eigenvalue weighted by molar-refractivity contribution is -0.120. The van der Waals surface area contributed by atoms with Gasteiger partial charge < -0.3 is 10.1 Å². The fourth-order valence-corrected chi connectivity index (χ4v) is 1.72. The predicted octanol–water partition coefficient (Wildman–Crippen LogP) is 1.93. The summed E-state index contributed by atoms with van der Waals surface area (Å²) in [5.41, 5.74) is 1.90. The molecule has 90 valence electrons. The molecule has 1 aromatic carbocycles. The van der Waals surface area contributed by atoms with Gasteiger partial charge in [0.05, 0.1) is 0 Å². The van der Waals surface area contributed by atoms with Crippen LogP contribution >= 0.6 is 0 Å². The zero-order chi connectivity index (χ0) is 12.3. The number of benzene rings is 1. The molecule has 4 nitrogen and oxygen atoms in total. The maximum absolute atomic E-state index is 11.2. The van der Waals surface area contributed by atoms with Gasteiger partial charge in [-0.2, -0.15) is 0 Å². The number of carbonyl (C=O) groups is 2. The number of ether oxygens (including phenoxy) is 1. The summed E-state index contributed by atoms with van der Waals surface area (Å²) in [6.45, 7) is 1.93. The van der Waals surface area contributed by atoms with Crippen LogP contribution in [0.3, 0.4) is 0 Å². The Morgan fingerprint density at radius 3 is 3.00 bits per heavy atom. The van der Waals surface area contributed by atoms with Crippen molar-refractivity contribution in [1.82, 2.24) is 0 Å². The van der Waals surface area contributed by atoms with Crippen molar-refractivity contribution in [1.29, 1.82) is 0 Å². The van der Waals surface area contributed by atoms with E-state index in [1.54, 1.807) is 6.07 Å². The molecule has 0 fully saturated rings. The molecule has 17 heavy (non-hydrogen) atoms. The van der Waals surface area contributed by atoms with E-state index in [1.165, 1.54) is 0 Å². The molecule has 4 heteroatoms. The highest BCUT2D eigenvalue weighted by Gasteiger charge is 2.15. The quantitative estimate of drug-likeness (QED) is 0.864.